The molecule has 0 spiro atoms. The molecule has 0 amide bonds. The van der Waals surface area contributed by atoms with E-state index in [2.05, 4.69) is 162 Å². The minimum Gasteiger partial charge on any atom is -0.496 e. The molecule has 16 heteroatoms. The molecule has 0 aliphatic rings. The van der Waals surface area contributed by atoms with Crippen molar-refractivity contribution in [2.24, 2.45) is 5.92 Å². The topological polar surface area (TPSA) is 108 Å². The molecular weight excluding hydrogens is 1350 g/mol. The second-order valence-corrected chi connectivity index (χ2v) is 29.9. The summed E-state index contributed by atoms with van der Waals surface area (Å²) in [6.45, 7) is 25.7. The Morgan fingerprint density at radius 1 is 0.424 bits per heavy atom. The van der Waals surface area contributed by atoms with E-state index in [4.69, 9.17) is 28.4 Å². The molecule has 0 saturated carbocycles. The average Bonchev–Trinajstić information content (AvgIpc) is 1.64. The average molecular weight is 1450 g/mol. The zero-order valence-electron chi connectivity index (χ0n) is 60.3. The lowest BCUT2D eigenvalue weighted by atomic mass is 9.97. The van der Waals surface area contributed by atoms with E-state index in [1.165, 1.54) is 0 Å². The fraction of sp³-hybridized carbons (Fsp3) is 0.422. The van der Waals surface area contributed by atoms with Crippen molar-refractivity contribution in [1.29, 1.82) is 0 Å². The maximum absolute atomic E-state index is 11.6. The Labute approximate surface area is 610 Å². The Balaban J connectivity index is 0.00000219. The van der Waals surface area contributed by atoms with Gasteiger partial charge in [0.1, 0.15) is 11.5 Å². The van der Waals surface area contributed by atoms with Gasteiger partial charge in [0.15, 0.2) is 39.9 Å². The number of allylic oxidation sites excluding steroid dienone is 1. The molecule has 8 rings (SSSR count). The van der Waals surface area contributed by atoms with Crippen molar-refractivity contribution >= 4 is 115 Å². The lowest BCUT2D eigenvalue weighted by Gasteiger charge is -2.19. The summed E-state index contributed by atoms with van der Waals surface area (Å²) in [4.78, 5) is 17.5. The first-order valence-electron chi connectivity index (χ1n) is 35.9. The van der Waals surface area contributed by atoms with Gasteiger partial charge in [0.05, 0.1) is 72.9 Å². The first kappa shape index (κ1) is 79.9. The van der Waals surface area contributed by atoms with Crippen molar-refractivity contribution in [2.45, 2.75) is 172 Å². The number of hydrogen-bond acceptors (Lipinski definition) is 14. The lowest BCUT2D eigenvalue weighted by Crippen LogP contribution is -2.11. The number of ether oxygens (including phenoxy) is 6. The van der Waals surface area contributed by atoms with Crippen LogP contribution in [0.2, 0.25) is 0 Å². The molecule has 0 fully saturated rings. The number of unbranched alkanes of at least 4 members (excludes halogenated alkanes) is 9. The van der Waals surface area contributed by atoms with Crippen molar-refractivity contribution in [3.8, 4) is 74.9 Å². The summed E-state index contributed by atoms with van der Waals surface area (Å²) in [5, 5.41) is 1.48. The molecule has 0 saturated heterocycles. The molecule has 0 aliphatic carbocycles. The van der Waals surface area contributed by atoms with Crippen LogP contribution in [-0.2, 0) is 18.9 Å². The smallest absolute Gasteiger partial charge is 0.192 e. The Morgan fingerprint density at radius 3 is 1.29 bits per heavy atom. The highest BCUT2D eigenvalue weighted by Gasteiger charge is 2.27. The molecule has 4 aromatic carbocycles. The first-order chi connectivity index (χ1) is 48.5. The van der Waals surface area contributed by atoms with Crippen LogP contribution in [-0.4, -0.2) is 53.4 Å². The van der Waals surface area contributed by atoms with Gasteiger partial charge in [0, 0.05) is 41.2 Å². The van der Waals surface area contributed by atoms with Gasteiger partial charge in [-0.25, -0.2) is 9.78 Å². The summed E-state index contributed by atoms with van der Waals surface area (Å²) in [6, 6.07) is 33.3. The normalized spacial score (nSPS) is 12.0. The highest BCUT2D eigenvalue weighted by Crippen LogP contribution is 2.55. The molecule has 0 N–H and O–H groups in total. The van der Waals surface area contributed by atoms with Crippen LogP contribution in [0.15, 0.2) is 103 Å². The first-order valence-corrected chi connectivity index (χ1v) is 40.7. The van der Waals surface area contributed by atoms with E-state index in [-0.39, 0.29) is 16.9 Å². The number of rotatable bonds is 44. The molecule has 0 radical (unpaired) electrons. The van der Waals surface area contributed by atoms with E-state index >= 15 is 0 Å². The van der Waals surface area contributed by atoms with Gasteiger partial charge in [0.25, 0.3) is 0 Å². The molecule has 8 aromatic rings. The molecule has 1 unspecified atom stereocenters. The largest absolute Gasteiger partial charge is 0.496 e. The van der Waals surface area contributed by atoms with Crippen LogP contribution >= 0.6 is 62.3 Å². The molecule has 1 atom stereocenters. The van der Waals surface area contributed by atoms with Crippen LogP contribution < -0.4 is 39.0 Å². The SMILES string of the molecule is C/C=C/c1sc(-c2ccc(-c3cc(OCC(CC)CCCC)c(-c4ccc(-c5sc(/C=C/c6cc(/C=C/c7ccc(P=O)cc7)c(C)cc6/C=C/c6ccc(P=O)cc6)c(OCCCCC)c5OCCCCC)s4)cc3OC)s2)c(OCCCCC)c1OCCCCC.CCOOCC. The maximum atomic E-state index is 11.6. The van der Waals surface area contributed by atoms with Crippen molar-refractivity contribution in [1.82, 2.24) is 0 Å². The minimum absolute atomic E-state index is 0.000896. The van der Waals surface area contributed by atoms with Gasteiger partial charge in [-0.1, -0.05) is 179 Å². The molecule has 0 aliphatic heterocycles. The van der Waals surface area contributed by atoms with Crippen LogP contribution in [0.25, 0.3) is 82.9 Å². The maximum Gasteiger partial charge on any atom is 0.192 e. The third kappa shape index (κ3) is 24.4. The molecule has 99 heavy (non-hydrogen) atoms. The van der Waals surface area contributed by atoms with Crippen LogP contribution in [0.4, 0.5) is 0 Å². The zero-order valence-corrected chi connectivity index (χ0v) is 65.4. The number of aryl methyl sites for hydroxylation is 1. The second kappa shape index (κ2) is 44.7. The predicted molar refractivity (Wildman–Crippen MR) is 428 cm³/mol. The summed E-state index contributed by atoms with van der Waals surface area (Å²) in [7, 11) is 1.78. The van der Waals surface area contributed by atoms with E-state index in [1.807, 2.05) is 62.4 Å². The second-order valence-electron chi connectivity index (χ2n) is 24.3. The number of thiophene rings is 4. The Morgan fingerprint density at radius 2 is 0.848 bits per heavy atom. The van der Waals surface area contributed by atoms with Crippen LogP contribution in [0.1, 0.15) is 208 Å². The standard InChI is InChI=1S/C79H94O8P2S4.C4H10O2/c1-10-17-22-46-83-74-70(26-15-6)92-78(76(74)85-48-24-19-12-3)72-44-42-68(90-72)64-53-67(87-54-56(16-7)27-21-14-5)65(52-66(64)82-9)69-43-45-73(91-69)79-77(86-49-25-20-13-4)75(84-47-23-18-11-2)71(93-79)41-36-61-51-59(34-28-57-30-37-62(88-80)38-31-57)55(8)50-60(61)35-29-58-32-39-63(89-81)40-33-58;1-3-5-6-4-2/h15,26,28-45,50-53,56H,10-14,16-25,27,46-49,54H2,1-9H3;3-4H2,1-2H3/b26-15+,34-28+,35-29+,41-36+;. The van der Waals surface area contributed by atoms with Gasteiger partial charge in [-0.05, 0) is 178 Å². The molecule has 4 aromatic heterocycles. The van der Waals surface area contributed by atoms with Crippen LogP contribution in [0, 0.1) is 12.8 Å². The Kier molecular flexibility index (Phi) is 36.1. The number of benzene rings is 4. The van der Waals surface area contributed by atoms with E-state index < -0.39 is 0 Å². The van der Waals surface area contributed by atoms with E-state index in [0.29, 0.717) is 52.2 Å². The number of methoxy groups -OCH3 is 1. The fourth-order valence-corrected chi connectivity index (χ4v) is 16.0. The Hall–Kier alpha value is -6.44. The third-order valence-corrected chi connectivity index (χ3v) is 22.5. The molecule has 0 bridgehead atoms. The molecule has 530 valence electrons. The van der Waals surface area contributed by atoms with Crippen LogP contribution in [0.5, 0.6) is 34.5 Å². The van der Waals surface area contributed by atoms with Crippen molar-refractivity contribution < 1.29 is 47.3 Å². The summed E-state index contributed by atoms with van der Waals surface area (Å²) in [5.74, 6) is 5.27. The van der Waals surface area contributed by atoms with E-state index in [1.54, 1.807) is 52.5 Å². The fourth-order valence-electron chi connectivity index (χ4n) is 10.9. The summed E-state index contributed by atoms with van der Waals surface area (Å²) in [5.41, 5.74) is 8.29. The summed E-state index contributed by atoms with van der Waals surface area (Å²) in [6.07, 6.45) is 34.2. The van der Waals surface area contributed by atoms with Crippen molar-refractivity contribution in [3.05, 3.63) is 146 Å². The molecular formula is C83H104O10P2S4. The van der Waals surface area contributed by atoms with E-state index in [9.17, 15) is 9.13 Å². The van der Waals surface area contributed by atoms with Gasteiger partial charge >= 0.3 is 0 Å². The van der Waals surface area contributed by atoms with Crippen molar-refractivity contribution in [3.63, 3.8) is 0 Å². The van der Waals surface area contributed by atoms with Crippen molar-refractivity contribution in [2.75, 3.05) is 53.4 Å². The van der Waals surface area contributed by atoms with Gasteiger partial charge in [-0.3, -0.25) is 9.13 Å². The van der Waals surface area contributed by atoms with Crippen LogP contribution in [0.3, 0.4) is 0 Å². The summed E-state index contributed by atoms with van der Waals surface area (Å²) >= 11 is 6.93. The number of hydrogen-bond donors (Lipinski definition) is 0. The van der Waals surface area contributed by atoms with Gasteiger partial charge in [-0.2, -0.15) is 0 Å². The highest BCUT2D eigenvalue weighted by molar-refractivity contribution is 7.34. The monoisotopic (exact) mass is 1450 g/mol. The minimum atomic E-state index is 0.000896. The Bertz CT molecular complexity index is 3830. The highest BCUT2D eigenvalue weighted by atomic mass is 32.1. The summed E-state index contributed by atoms with van der Waals surface area (Å²) < 4.78 is 63.9. The predicted octanol–water partition coefficient (Wildman–Crippen LogP) is 26.1. The molecule has 4 heterocycles. The van der Waals surface area contributed by atoms with E-state index in [0.717, 1.165) is 231 Å². The van der Waals surface area contributed by atoms with Gasteiger partial charge in [0.2, 0.25) is 0 Å². The van der Waals surface area contributed by atoms with Gasteiger partial charge < -0.3 is 28.4 Å². The zero-order chi connectivity index (χ0) is 70.6. The third-order valence-electron chi connectivity index (χ3n) is 16.6. The molecule has 10 nitrogen and oxygen atoms in total. The van der Waals surface area contributed by atoms with Gasteiger partial charge in [-0.15, -0.1) is 45.3 Å². The lowest BCUT2D eigenvalue weighted by molar-refractivity contribution is -0.287. The quantitative estimate of drug-likeness (QED) is 0.0120.